The monoisotopic (exact) mass is 848 g/mol. The fourth-order valence-electron chi connectivity index (χ4n) is 7.92. The van der Waals surface area contributed by atoms with Gasteiger partial charge in [0.1, 0.15) is 30.8 Å². The van der Waals surface area contributed by atoms with Crippen molar-refractivity contribution in [3.8, 4) is 5.75 Å². The normalized spacial score (nSPS) is 18.0. The molecule has 7 rings (SSSR count). The number of amides is 3. The third kappa shape index (κ3) is 12.0. The first-order valence-corrected chi connectivity index (χ1v) is 21.3. The Morgan fingerprint density at radius 3 is 2.46 bits per heavy atom. The van der Waals surface area contributed by atoms with Gasteiger partial charge in [0.15, 0.2) is 5.69 Å². The minimum absolute atomic E-state index is 0.0460. The van der Waals surface area contributed by atoms with Crippen molar-refractivity contribution in [2.45, 2.75) is 57.6 Å². The summed E-state index contributed by atoms with van der Waals surface area (Å²) in [6.45, 7) is 20.0. The number of likely N-dealkylation sites (tertiary alicyclic amines) is 1. The molecule has 5 heterocycles. The average Bonchev–Trinajstić information content (AvgIpc) is 3.27. The molecule has 0 spiro atoms. The van der Waals surface area contributed by atoms with Crippen LogP contribution < -0.4 is 25.6 Å². The van der Waals surface area contributed by atoms with E-state index < -0.39 is 6.04 Å². The van der Waals surface area contributed by atoms with Gasteiger partial charge in [0, 0.05) is 62.3 Å². The summed E-state index contributed by atoms with van der Waals surface area (Å²) in [7, 11) is 0. The third-order valence-electron chi connectivity index (χ3n) is 11.7. The summed E-state index contributed by atoms with van der Waals surface area (Å²) in [5.74, 6) is 1.74. The Morgan fingerprint density at radius 1 is 0.951 bits per heavy atom. The second kappa shape index (κ2) is 20.3. The van der Waals surface area contributed by atoms with Crippen molar-refractivity contribution in [2.75, 3.05) is 81.1 Å². The number of benzene rings is 2. The Balaban J connectivity index is 0.759. The number of piperazine rings is 1. The number of piperidine rings is 2. The van der Waals surface area contributed by atoms with Crippen molar-refractivity contribution in [3.05, 3.63) is 106 Å². The molecule has 0 radical (unpaired) electrons. The minimum atomic E-state index is -0.520. The molecule has 1 unspecified atom stereocenters. The smallest absolute Gasteiger partial charge is 0.250 e. The van der Waals surface area contributed by atoms with Gasteiger partial charge < -0.3 is 29.9 Å². The first kappa shape index (κ1) is 43.4. The number of nitrogens with zero attached hydrogens (tertiary/aromatic N) is 7. The van der Waals surface area contributed by atoms with E-state index in [0.717, 1.165) is 93.7 Å². The van der Waals surface area contributed by atoms with Crippen molar-refractivity contribution < 1.29 is 23.9 Å². The van der Waals surface area contributed by atoms with Gasteiger partial charge in [-0.2, -0.15) is 0 Å². The highest BCUT2D eigenvalue weighted by molar-refractivity contribution is 6.31. The Morgan fingerprint density at radius 2 is 1.74 bits per heavy atom. The van der Waals surface area contributed by atoms with E-state index in [2.05, 4.69) is 71.4 Å². The van der Waals surface area contributed by atoms with Gasteiger partial charge >= 0.3 is 0 Å². The molecule has 320 valence electrons. The van der Waals surface area contributed by atoms with Crippen LogP contribution in [-0.2, 0) is 31.1 Å². The predicted octanol–water partition coefficient (Wildman–Crippen LogP) is 5.69. The highest BCUT2D eigenvalue weighted by atomic mass is 35.5. The lowest BCUT2D eigenvalue weighted by atomic mass is 9.78. The number of carbonyl (C=O) groups excluding carboxylic acids is 3. The Bertz CT molecular complexity index is 2180. The van der Waals surface area contributed by atoms with Gasteiger partial charge in [-0.25, -0.2) is 19.8 Å². The molecule has 4 aromatic rings. The predicted molar refractivity (Wildman–Crippen MR) is 234 cm³/mol. The first-order chi connectivity index (χ1) is 29.5. The molecule has 3 saturated heterocycles. The van der Waals surface area contributed by atoms with E-state index in [4.69, 9.17) is 32.6 Å². The Labute approximate surface area is 362 Å². The molecule has 0 saturated carbocycles. The average molecular weight is 849 g/mol. The molecule has 16 heteroatoms. The zero-order chi connectivity index (χ0) is 42.8. The molecular weight excluding hydrogens is 796 g/mol. The van der Waals surface area contributed by atoms with Crippen LogP contribution in [0.4, 0.5) is 23.1 Å². The molecule has 2 aromatic heterocycles. The number of pyridine rings is 1. The number of halogens is 1. The zero-order valence-corrected chi connectivity index (χ0v) is 35.5. The molecular formula is C45H53ClN10O5. The van der Waals surface area contributed by atoms with Crippen LogP contribution in [0.25, 0.3) is 4.85 Å². The summed E-state index contributed by atoms with van der Waals surface area (Å²) >= 11 is 6.31. The van der Waals surface area contributed by atoms with Crippen LogP contribution in [0.1, 0.15) is 56.4 Å². The first-order valence-electron chi connectivity index (χ1n) is 20.9. The molecule has 1 atom stereocenters. The maximum atomic E-state index is 12.4. The minimum Gasteiger partial charge on any atom is -0.487 e. The molecule has 3 amide bonds. The second-order valence-electron chi connectivity index (χ2n) is 16.3. The highest BCUT2D eigenvalue weighted by Gasteiger charge is 2.28. The summed E-state index contributed by atoms with van der Waals surface area (Å²) in [6.07, 6.45) is 6.29. The van der Waals surface area contributed by atoms with Gasteiger partial charge in [0.25, 0.3) is 0 Å². The Kier molecular flexibility index (Phi) is 14.4. The molecule has 3 fully saturated rings. The SMILES string of the molecule is [C-]#[N+]c1cc(Cl)cc(C(C)(C)c2ccc(OCc3ccnc(N4CCN(CC5CCN(CCOCC(=O)Nc6ccc(NC7CCC(=O)NC7=O)nc6)CC5)CC4)n3)cc2)c1. The van der Waals surface area contributed by atoms with Crippen LogP contribution in [0, 0.1) is 12.5 Å². The number of carbonyl (C=O) groups is 3. The Hall–Kier alpha value is -5.66. The lowest BCUT2D eigenvalue weighted by Crippen LogP contribution is -2.49. The van der Waals surface area contributed by atoms with E-state index in [1.807, 2.05) is 30.3 Å². The van der Waals surface area contributed by atoms with Crippen LogP contribution in [0.3, 0.4) is 0 Å². The maximum Gasteiger partial charge on any atom is 0.250 e. The number of aromatic nitrogens is 3. The lowest BCUT2D eigenvalue weighted by Gasteiger charge is -2.38. The van der Waals surface area contributed by atoms with Crippen LogP contribution in [0.5, 0.6) is 5.75 Å². The van der Waals surface area contributed by atoms with E-state index in [0.29, 0.717) is 47.8 Å². The molecule has 2 aromatic carbocycles. The topological polar surface area (TPSA) is 159 Å². The number of nitrogens with one attached hydrogen (secondary N) is 3. The zero-order valence-electron chi connectivity index (χ0n) is 34.7. The highest BCUT2D eigenvalue weighted by Crippen LogP contribution is 2.36. The molecule has 0 aliphatic carbocycles. The second-order valence-corrected chi connectivity index (χ2v) is 16.8. The molecule has 15 nitrogen and oxygen atoms in total. The number of imide groups is 1. The number of hydrogen-bond acceptors (Lipinski definition) is 12. The molecule has 3 aliphatic rings. The molecule has 0 bridgehead atoms. The van der Waals surface area contributed by atoms with Crippen LogP contribution in [0.15, 0.2) is 73.1 Å². The summed E-state index contributed by atoms with van der Waals surface area (Å²) in [5, 5.41) is 8.68. The number of rotatable bonds is 16. The van der Waals surface area contributed by atoms with Crippen LogP contribution in [0.2, 0.25) is 5.02 Å². The van der Waals surface area contributed by atoms with Gasteiger partial charge in [-0.3, -0.25) is 24.6 Å². The lowest BCUT2D eigenvalue weighted by molar-refractivity contribution is -0.133. The van der Waals surface area contributed by atoms with Crippen molar-refractivity contribution in [1.29, 1.82) is 0 Å². The summed E-state index contributed by atoms with van der Waals surface area (Å²) in [4.78, 5) is 60.3. The van der Waals surface area contributed by atoms with E-state index in [1.165, 1.54) is 6.20 Å². The van der Waals surface area contributed by atoms with Crippen molar-refractivity contribution in [2.24, 2.45) is 5.92 Å². The van der Waals surface area contributed by atoms with E-state index >= 15 is 0 Å². The number of ether oxygens (including phenoxy) is 2. The van der Waals surface area contributed by atoms with Gasteiger partial charge in [0.2, 0.25) is 23.7 Å². The fourth-order valence-corrected chi connectivity index (χ4v) is 8.14. The third-order valence-corrected chi connectivity index (χ3v) is 11.9. The van der Waals surface area contributed by atoms with Crippen LogP contribution >= 0.6 is 11.6 Å². The van der Waals surface area contributed by atoms with Gasteiger partial charge in [-0.15, -0.1) is 0 Å². The van der Waals surface area contributed by atoms with Crippen molar-refractivity contribution >= 4 is 52.5 Å². The van der Waals surface area contributed by atoms with Gasteiger partial charge in [-0.05, 0) is 91.9 Å². The standard InChI is InChI=1S/C45H53ClN10O5/c1-45(2,33-24-34(46)26-37(25-33)47-3)32-4-7-38(8-5-32)61-29-36-12-15-48-44(51-36)56-20-18-55(19-21-56)28-31-13-16-54(17-14-31)22-23-60-30-42(58)50-35-6-10-40(49-27-35)52-39-9-11-41(57)53-43(39)59/h4-8,10,12,15,24-27,31,39H,9,11,13-14,16-23,28-30H2,1-2H3,(H,49,52)(H,50,58)(H,53,57,59). The van der Waals surface area contributed by atoms with E-state index in [1.54, 1.807) is 24.4 Å². The summed E-state index contributed by atoms with van der Waals surface area (Å²) < 4.78 is 11.8. The maximum absolute atomic E-state index is 12.4. The number of anilines is 3. The largest absolute Gasteiger partial charge is 0.487 e. The number of hydrogen-bond donors (Lipinski definition) is 3. The van der Waals surface area contributed by atoms with Crippen LogP contribution in [-0.4, -0.2) is 114 Å². The van der Waals surface area contributed by atoms with Gasteiger partial charge in [-0.1, -0.05) is 43.6 Å². The molecule has 3 aliphatic heterocycles. The molecule has 3 N–H and O–H groups in total. The van der Waals surface area contributed by atoms with Gasteiger partial charge in [0.05, 0.1) is 30.8 Å². The van der Waals surface area contributed by atoms with E-state index in [-0.39, 0.29) is 36.2 Å². The molecule has 61 heavy (non-hydrogen) atoms. The summed E-state index contributed by atoms with van der Waals surface area (Å²) in [5.41, 5.74) is 3.63. The van der Waals surface area contributed by atoms with Crippen molar-refractivity contribution in [1.82, 2.24) is 30.1 Å². The summed E-state index contributed by atoms with van der Waals surface area (Å²) in [6, 6.07) is 18.3. The fraction of sp³-hybridized carbons (Fsp3) is 0.444. The van der Waals surface area contributed by atoms with E-state index in [9.17, 15) is 14.4 Å². The van der Waals surface area contributed by atoms with Crippen molar-refractivity contribution in [3.63, 3.8) is 0 Å². The quantitative estimate of drug-likeness (QED) is 0.0721.